The van der Waals surface area contributed by atoms with Crippen LogP contribution in [0, 0.1) is 37.6 Å². The van der Waals surface area contributed by atoms with Gasteiger partial charge in [0, 0.05) is 44.3 Å². The zero-order valence-electron chi connectivity index (χ0n) is 30.6. The molecule has 6 heteroatoms. The average molecular weight is 722 g/mol. The highest BCUT2D eigenvalue weighted by Gasteiger charge is 2.24. The predicted molar refractivity (Wildman–Crippen MR) is 228 cm³/mol. The van der Waals surface area contributed by atoms with Gasteiger partial charge in [0.15, 0.2) is 0 Å². The predicted octanol–water partition coefficient (Wildman–Crippen LogP) is 14.1. The minimum Gasteiger partial charge on any atom is -0.320 e. The van der Waals surface area contributed by atoms with E-state index in [9.17, 15) is 5.26 Å². The average Bonchev–Trinajstić information content (AvgIpc) is 3.73. The van der Waals surface area contributed by atoms with E-state index < -0.39 is 0 Å². The Morgan fingerprint density at radius 3 is 1.91 bits per heavy atom. The Labute approximate surface area is 323 Å². The third kappa shape index (κ3) is 5.05. The van der Waals surface area contributed by atoms with Gasteiger partial charge in [0.05, 0.1) is 40.1 Å². The highest BCUT2D eigenvalue weighted by Crippen LogP contribution is 2.48. The van der Waals surface area contributed by atoms with Crippen molar-refractivity contribution >= 4 is 88.7 Å². The number of rotatable bonds is 6. The molecule has 10 rings (SSSR count). The lowest BCUT2D eigenvalue weighted by Gasteiger charge is -2.27. The van der Waals surface area contributed by atoms with Crippen molar-refractivity contribution in [2.24, 2.45) is 0 Å². The third-order valence-electron chi connectivity index (χ3n) is 10.9. The smallest absolute Gasteiger partial charge is 0.210 e. The summed E-state index contributed by atoms with van der Waals surface area (Å²) in [6.45, 7) is 12.1. The van der Waals surface area contributed by atoms with Crippen LogP contribution in [0.5, 0.6) is 0 Å². The monoisotopic (exact) mass is 721 g/mol. The van der Waals surface area contributed by atoms with Gasteiger partial charge < -0.3 is 14.2 Å². The van der Waals surface area contributed by atoms with Crippen molar-refractivity contribution in [1.29, 1.82) is 5.26 Å². The summed E-state index contributed by atoms with van der Waals surface area (Å²) in [6.07, 6.45) is 0. The van der Waals surface area contributed by atoms with Crippen LogP contribution in [0.25, 0.3) is 53.7 Å². The number of halogens is 1. The number of hydrogen-bond acceptors (Lipinski definition) is 3. The number of nitriles is 1. The molecule has 0 N–H and O–H groups in total. The molecule has 2 aromatic heterocycles. The van der Waals surface area contributed by atoms with Gasteiger partial charge in [0.1, 0.15) is 11.9 Å². The number of fused-ring (bicyclic) bond motifs is 8. The number of aryl methyl sites for hydroxylation is 2. The normalized spacial score (nSPS) is 11.4. The number of nitrogens with zero attached hydrogens (tertiary/aromatic N) is 5. The lowest BCUT2D eigenvalue weighted by molar-refractivity contribution is 0.630. The molecule has 0 spiro atoms. The Hall–Kier alpha value is -7.67. The fraction of sp³-hybridized carbons (Fsp3) is 0.0400. The Morgan fingerprint density at radius 2 is 1.20 bits per heavy atom. The van der Waals surface area contributed by atoms with E-state index >= 15 is 4.39 Å². The van der Waals surface area contributed by atoms with Gasteiger partial charge in [-0.2, -0.15) is 5.26 Å². The van der Waals surface area contributed by atoms with Crippen LogP contribution in [0.2, 0.25) is 0 Å². The van der Waals surface area contributed by atoms with Crippen molar-refractivity contribution < 1.29 is 4.39 Å². The van der Waals surface area contributed by atoms with E-state index in [-0.39, 0.29) is 5.82 Å². The van der Waals surface area contributed by atoms with E-state index in [1.807, 2.05) is 54.6 Å². The molecule has 0 atom stereocenters. The summed E-state index contributed by atoms with van der Waals surface area (Å²) in [5.41, 5.74) is 11.6. The van der Waals surface area contributed by atoms with Gasteiger partial charge >= 0.3 is 0 Å². The van der Waals surface area contributed by atoms with Crippen molar-refractivity contribution in [1.82, 2.24) is 4.40 Å². The van der Waals surface area contributed by atoms with E-state index in [1.54, 1.807) is 6.07 Å². The summed E-state index contributed by atoms with van der Waals surface area (Å²) >= 11 is 0. The number of benzene rings is 8. The summed E-state index contributed by atoms with van der Waals surface area (Å²) in [7, 11) is 0. The Balaban J connectivity index is 1.26. The quantitative estimate of drug-likeness (QED) is 0.161. The molecule has 264 valence electrons. The van der Waals surface area contributed by atoms with E-state index in [4.69, 9.17) is 6.57 Å². The number of hydrogen-bond donors (Lipinski definition) is 0. The Kier molecular flexibility index (Phi) is 7.49. The van der Waals surface area contributed by atoms with Crippen LogP contribution in [-0.4, -0.2) is 4.40 Å². The molecule has 0 aliphatic heterocycles. The van der Waals surface area contributed by atoms with E-state index in [0.29, 0.717) is 11.3 Å². The number of aromatic nitrogens is 1. The molecule has 0 saturated heterocycles. The summed E-state index contributed by atoms with van der Waals surface area (Å²) in [5, 5.41) is 16.1. The zero-order chi connectivity index (χ0) is 38.1. The maximum absolute atomic E-state index is 15.3. The first-order valence-corrected chi connectivity index (χ1v) is 18.5. The highest BCUT2D eigenvalue weighted by atomic mass is 19.1. The van der Waals surface area contributed by atoms with Gasteiger partial charge in [-0.15, -0.1) is 0 Å². The molecule has 2 heterocycles. The molecule has 0 saturated carbocycles. The van der Waals surface area contributed by atoms with Crippen molar-refractivity contribution in [3.05, 3.63) is 192 Å². The molecule has 8 aromatic carbocycles. The molecule has 0 bridgehead atoms. The third-order valence-corrected chi connectivity index (χ3v) is 10.9. The van der Waals surface area contributed by atoms with Gasteiger partial charge in [-0.05, 0) is 116 Å². The SMILES string of the molecule is [C-]#[N+]c1ccccc1N(c1ccc(C)cc1)c1ccc2c3cc4ccc(N(c5ccc(C)cc5)c5ccccc5C#N)cc4c4c5cc(F)ccc5n(c2c1)c34. The van der Waals surface area contributed by atoms with Crippen LogP contribution in [0.1, 0.15) is 16.7 Å². The minimum atomic E-state index is -0.300. The Morgan fingerprint density at radius 1 is 0.571 bits per heavy atom. The largest absolute Gasteiger partial charge is 0.320 e. The van der Waals surface area contributed by atoms with Crippen molar-refractivity contribution in [2.75, 3.05) is 9.80 Å². The van der Waals surface area contributed by atoms with Crippen LogP contribution in [-0.2, 0) is 0 Å². The molecule has 56 heavy (non-hydrogen) atoms. The first kappa shape index (κ1) is 32.9. The van der Waals surface area contributed by atoms with Crippen molar-refractivity contribution in [2.45, 2.75) is 13.8 Å². The second kappa shape index (κ2) is 12.7. The van der Waals surface area contributed by atoms with Crippen LogP contribution < -0.4 is 9.80 Å². The number of anilines is 6. The molecular formula is C50H32FN5. The molecule has 10 aromatic rings. The molecule has 0 unspecified atom stereocenters. The fourth-order valence-corrected chi connectivity index (χ4v) is 8.32. The van der Waals surface area contributed by atoms with Gasteiger partial charge in [0.25, 0.3) is 0 Å². The topological polar surface area (TPSA) is 39.0 Å². The van der Waals surface area contributed by atoms with Gasteiger partial charge in [-0.3, -0.25) is 0 Å². The van der Waals surface area contributed by atoms with Crippen molar-refractivity contribution in [3.63, 3.8) is 0 Å². The molecule has 0 aliphatic rings. The first-order chi connectivity index (χ1) is 27.4. The fourth-order valence-electron chi connectivity index (χ4n) is 8.32. The second-order valence-corrected chi connectivity index (χ2v) is 14.3. The standard InChI is InChI=1S/C50H32FN5/c1-31-12-18-36(19-13-31)54(45-10-6-4-8-34(45)30-52)38-22-16-33-26-42-40-24-23-39(55(37-20-14-32(2)15-21-37)47-11-7-5-9-44(47)53-3)29-48(40)56-46-25-17-35(51)27-43(46)49(50(42)56)41(33)28-38/h4-29H,1-2H3. The summed E-state index contributed by atoms with van der Waals surface area (Å²) in [6, 6.07) is 54.6. The summed E-state index contributed by atoms with van der Waals surface area (Å²) in [4.78, 5) is 8.15. The lowest BCUT2D eigenvalue weighted by atomic mass is 9.98. The maximum atomic E-state index is 15.3. The maximum Gasteiger partial charge on any atom is 0.210 e. The lowest BCUT2D eigenvalue weighted by Crippen LogP contribution is -2.11. The highest BCUT2D eigenvalue weighted by molar-refractivity contribution is 6.31. The van der Waals surface area contributed by atoms with E-state index in [0.717, 1.165) is 94.1 Å². The van der Waals surface area contributed by atoms with E-state index in [2.05, 4.69) is 130 Å². The first-order valence-electron chi connectivity index (χ1n) is 18.5. The van der Waals surface area contributed by atoms with Crippen LogP contribution in [0.3, 0.4) is 0 Å². The molecule has 0 amide bonds. The van der Waals surface area contributed by atoms with Gasteiger partial charge in [-0.25, -0.2) is 9.24 Å². The van der Waals surface area contributed by atoms with Gasteiger partial charge in [0.2, 0.25) is 5.69 Å². The van der Waals surface area contributed by atoms with Gasteiger partial charge in [-0.1, -0.05) is 77.9 Å². The second-order valence-electron chi connectivity index (χ2n) is 14.3. The summed E-state index contributed by atoms with van der Waals surface area (Å²) < 4.78 is 17.6. The molecule has 0 radical (unpaired) electrons. The van der Waals surface area contributed by atoms with Crippen LogP contribution >= 0.6 is 0 Å². The number of para-hydroxylation sites is 3. The van der Waals surface area contributed by atoms with Crippen molar-refractivity contribution in [3.8, 4) is 6.07 Å². The molecule has 0 fully saturated rings. The van der Waals surface area contributed by atoms with Crippen LogP contribution in [0.15, 0.2) is 158 Å². The molecule has 5 nitrogen and oxygen atoms in total. The van der Waals surface area contributed by atoms with E-state index in [1.165, 1.54) is 6.07 Å². The summed E-state index contributed by atoms with van der Waals surface area (Å²) in [5.74, 6) is -0.300. The molecule has 0 aliphatic carbocycles. The van der Waals surface area contributed by atoms with Crippen LogP contribution in [0.4, 0.5) is 44.2 Å². The minimum absolute atomic E-state index is 0.300. The molecular weight excluding hydrogens is 690 g/mol. The Bertz CT molecular complexity index is 3260. The zero-order valence-corrected chi connectivity index (χ0v) is 30.6.